The van der Waals surface area contributed by atoms with Crippen LogP contribution in [0.3, 0.4) is 0 Å². The fourth-order valence-corrected chi connectivity index (χ4v) is 1.46. The van der Waals surface area contributed by atoms with Crippen LogP contribution in [0.5, 0.6) is 0 Å². The lowest BCUT2D eigenvalue weighted by atomic mass is 10.1. The van der Waals surface area contributed by atoms with Crippen molar-refractivity contribution in [2.45, 2.75) is 6.04 Å². The summed E-state index contributed by atoms with van der Waals surface area (Å²) in [5, 5.41) is 3.35. The summed E-state index contributed by atoms with van der Waals surface area (Å²) in [6.45, 7) is 1.69. The second-order valence-electron chi connectivity index (χ2n) is 3.33. The number of hydrogen-bond acceptors (Lipinski definition) is 3. The Morgan fingerprint density at radius 3 is 2.67 bits per heavy atom. The van der Waals surface area contributed by atoms with Gasteiger partial charge < -0.3 is 14.6 Å². The van der Waals surface area contributed by atoms with E-state index >= 15 is 0 Å². The number of carbonyl (C=O) groups excluding carboxylic acids is 1. The standard InChI is InChI=1S/C9H11ClN2O2.ClH/c1-12(6-4-11-5-6)9(13)7-2-3-8(10)14-7;/h2-3,6,11H,4-5H2,1H3;1H. The predicted molar refractivity (Wildman–Crippen MR) is 59.7 cm³/mol. The highest BCUT2D eigenvalue weighted by Crippen LogP contribution is 2.16. The summed E-state index contributed by atoms with van der Waals surface area (Å²) >= 11 is 5.59. The number of likely N-dealkylation sites (N-methyl/N-ethyl adjacent to an activating group) is 1. The van der Waals surface area contributed by atoms with Gasteiger partial charge in [-0.1, -0.05) is 0 Å². The molecule has 1 amide bonds. The molecule has 0 aromatic carbocycles. The third-order valence-electron chi connectivity index (χ3n) is 2.41. The van der Waals surface area contributed by atoms with Crippen molar-refractivity contribution in [2.24, 2.45) is 0 Å². The van der Waals surface area contributed by atoms with Crippen LogP contribution in [0.4, 0.5) is 0 Å². The van der Waals surface area contributed by atoms with Crippen LogP contribution >= 0.6 is 24.0 Å². The molecule has 1 aromatic rings. The molecule has 84 valence electrons. The fraction of sp³-hybridized carbons (Fsp3) is 0.444. The molecule has 2 rings (SSSR count). The zero-order valence-electron chi connectivity index (χ0n) is 8.20. The topological polar surface area (TPSA) is 45.5 Å². The second kappa shape index (κ2) is 4.88. The van der Waals surface area contributed by atoms with Crippen LogP contribution in [0, 0.1) is 0 Å². The SMILES string of the molecule is CN(C(=O)c1ccc(Cl)o1)C1CNC1.Cl. The lowest BCUT2D eigenvalue weighted by Gasteiger charge is -2.35. The van der Waals surface area contributed by atoms with E-state index in [1.54, 1.807) is 24.1 Å². The van der Waals surface area contributed by atoms with Crippen LogP contribution in [0.25, 0.3) is 0 Å². The molecule has 6 heteroatoms. The van der Waals surface area contributed by atoms with E-state index in [2.05, 4.69) is 5.32 Å². The van der Waals surface area contributed by atoms with Crippen LogP contribution in [-0.4, -0.2) is 37.0 Å². The molecule has 4 nitrogen and oxygen atoms in total. The van der Waals surface area contributed by atoms with E-state index in [4.69, 9.17) is 16.0 Å². The first-order chi connectivity index (χ1) is 6.68. The number of nitrogens with zero attached hydrogens (tertiary/aromatic N) is 1. The van der Waals surface area contributed by atoms with E-state index < -0.39 is 0 Å². The van der Waals surface area contributed by atoms with E-state index in [9.17, 15) is 4.79 Å². The van der Waals surface area contributed by atoms with Gasteiger partial charge in [0.25, 0.3) is 5.91 Å². The van der Waals surface area contributed by atoms with Gasteiger partial charge in [-0.2, -0.15) is 0 Å². The van der Waals surface area contributed by atoms with Gasteiger partial charge in [0.15, 0.2) is 11.0 Å². The van der Waals surface area contributed by atoms with E-state index in [0.29, 0.717) is 5.76 Å². The largest absolute Gasteiger partial charge is 0.440 e. The van der Waals surface area contributed by atoms with Gasteiger partial charge in [-0.3, -0.25) is 4.79 Å². The molecule has 0 aliphatic carbocycles. The molecule has 0 atom stereocenters. The molecule has 1 saturated heterocycles. The predicted octanol–water partition coefficient (Wildman–Crippen LogP) is 1.40. The number of carbonyl (C=O) groups is 1. The fourth-order valence-electron chi connectivity index (χ4n) is 1.32. The van der Waals surface area contributed by atoms with E-state index in [1.165, 1.54) is 0 Å². The molecule has 2 heterocycles. The number of rotatable bonds is 2. The third kappa shape index (κ3) is 2.45. The Balaban J connectivity index is 0.00000112. The van der Waals surface area contributed by atoms with Gasteiger partial charge >= 0.3 is 0 Å². The van der Waals surface area contributed by atoms with E-state index in [-0.39, 0.29) is 29.6 Å². The van der Waals surface area contributed by atoms with Crippen molar-refractivity contribution >= 4 is 29.9 Å². The summed E-state index contributed by atoms with van der Waals surface area (Å²) in [5.41, 5.74) is 0. The Bertz CT molecular complexity index is 350. The molecule has 1 N–H and O–H groups in total. The average molecular weight is 251 g/mol. The van der Waals surface area contributed by atoms with Crippen LogP contribution in [-0.2, 0) is 0 Å². The first kappa shape index (κ1) is 12.4. The molecule has 1 aliphatic rings. The number of nitrogens with one attached hydrogen (secondary N) is 1. The second-order valence-corrected chi connectivity index (χ2v) is 3.70. The first-order valence-electron chi connectivity index (χ1n) is 4.41. The van der Waals surface area contributed by atoms with Gasteiger partial charge in [0, 0.05) is 20.1 Å². The highest BCUT2D eigenvalue weighted by Gasteiger charge is 2.27. The summed E-state index contributed by atoms with van der Waals surface area (Å²) in [6.07, 6.45) is 0. The maximum absolute atomic E-state index is 11.7. The number of halogens is 2. The molecule has 1 aliphatic heterocycles. The van der Waals surface area contributed by atoms with Crippen LogP contribution in [0.1, 0.15) is 10.6 Å². The van der Waals surface area contributed by atoms with Crippen molar-refractivity contribution in [1.82, 2.24) is 10.2 Å². The molecule has 15 heavy (non-hydrogen) atoms. The van der Waals surface area contributed by atoms with Crippen molar-refractivity contribution in [3.8, 4) is 0 Å². The summed E-state index contributed by atoms with van der Waals surface area (Å²) in [6, 6.07) is 3.43. The molecular weight excluding hydrogens is 239 g/mol. The smallest absolute Gasteiger partial charge is 0.289 e. The molecule has 1 aromatic heterocycles. The molecule has 0 unspecified atom stereocenters. The highest BCUT2D eigenvalue weighted by molar-refractivity contribution is 6.29. The first-order valence-corrected chi connectivity index (χ1v) is 4.79. The zero-order chi connectivity index (χ0) is 10.1. The number of amides is 1. The Hall–Kier alpha value is -0.710. The summed E-state index contributed by atoms with van der Waals surface area (Å²) < 4.78 is 5.04. The lowest BCUT2D eigenvalue weighted by Crippen LogP contribution is -2.57. The van der Waals surface area contributed by atoms with Gasteiger partial charge in [-0.15, -0.1) is 12.4 Å². The molecule has 0 spiro atoms. The molecule has 0 saturated carbocycles. The minimum absolute atomic E-state index is 0. The minimum atomic E-state index is -0.122. The van der Waals surface area contributed by atoms with Crippen molar-refractivity contribution in [3.05, 3.63) is 23.1 Å². The molecule has 0 radical (unpaired) electrons. The van der Waals surface area contributed by atoms with Crippen molar-refractivity contribution in [3.63, 3.8) is 0 Å². The Labute approximate surface area is 99.0 Å². The monoisotopic (exact) mass is 250 g/mol. The maximum atomic E-state index is 11.7. The highest BCUT2D eigenvalue weighted by atomic mass is 35.5. The van der Waals surface area contributed by atoms with Gasteiger partial charge in [0.2, 0.25) is 0 Å². The number of hydrogen-bond donors (Lipinski definition) is 1. The average Bonchev–Trinajstić information content (AvgIpc) is 2.47. The zero-order valence-corrected chi connectivity index (χ0v) is 9.77. The number of furan rings is 1. The summed E-state index contributed by atoms with van der Waals surface area (Å²) in [5.74, 6) is 0.174. The summed E-state index contributed by atoms with van der Waals surface area (Å²) in [4.78, 5) is 13.4. The Morgan fingerprint density at radius 2 is 2.27 bits per heavy atom. The Kier molecular flexibility index (Phi) is 4.02. The van der Waals surface area contributed by atoms with Crippen LogP contribution < -0.4 is 5.32 Å². The molecule has 0 bridgehead atoms. The van der Waals surface area contributed by atoms with E-state index in [1.807, 2.05) is 0 Å². The maximum Gasteiger partial charge on any atom is 0.289 e. The quantitative estimate of drug-likeness (QED) is 0.864. The van der Waals surface area contributed by atoms with Crippen LogP contribution in [0.2, 0.25) is 5.22 Å². The summed E-state index contributed by atoms with van der Waals surface area (Å²) in [7, 11) is 1.77. The Morgan fingerprint density at radius 1 is 1.60 bits per heavy atom. The van der Waals surface area contributed by atoms with E-state index in [0.717, 1.165) is 13.1 Å². The van der Waals surface area contributed by atoms with Crippen molar-refractivity contribution in [2.75, 3.05) is 20.1 Å². The van der Waals surface area contributed by atoms with Crippen molar-refractivity contribution in [1.29, 1.82) is 0 Å². The van der Waals surface area contributed by atoms with Crippen molar-refractivity contribution < 1.29 is 9.21 Å². The molecule has 1 fully saturated rings. The third-order valence-corrected chi connectivity index (χ3v) is 2.62. The lowest BCUT2D eigenvalue weighted by molar-refractivity contribution is 0.0649. The van der Waals surface area contributed by atoms with Gasteiger partial charge in [0.1, 0.15) is 0 Å². The molecular formula is C9H12Cl2N2O2. The van der Waals surface area contributed by atoms with Crippen LogP contribution in [0.15, 0.2) is 16.5 Å². The van der Waals surface area contributed by atoms with Gasteiger partial charge in [-0.05, 0) is 23.7 Å². The van der Waals surface area contributed by atoms with Gasteiger partial charge in [0.05, 0.1) is 6.04 Å². The van der Waals surface area contributed by atoms with Gasteiger partial charge in [-0.25, -0.2) is 0 Å². The minimum Gasteiger partial charge on any atom is -0.440 e. The normalized spacial score (nSPS) is 15.3.